The zero-order chi connectivity index (χ0) is 21.1. The first kappa shape index (κ1) is 19.7. The maximum atomic E-state index is 11.4. The Morgan fingerprint density at radius 1 is 1.41 bits per heavy atom. The fraction of sp³-hybridized carbons (Fsp3) is 0.111. The minimum absolute atomic E-state index is 0.169. The highest BCUT2D eigenvalue weighted by Gasteiger charge is 2.19. The van der Waals surface area contributed by atoms with E-state index in [9.17, 15) is 15.4 Å². The summed E-state index contributed by atoms with van der Waals surface area (Å²) in [5.41, 5.74) is 10.3. The number of halogens is 1. The quantitative estimate of drug-likeness (QED) is 0.188. The summed E-state index contributed by atoms with van der Waals surface area (Å²) in [7, 11) is 1.48. The van der Waals surface area contributed by atoms with E-state index in [4.69, 9.17) is 21.9 Å². The maximum absolute atomic E-state index is 11.4. The van der Waals surface area contributed by atoms with Crippen LogP contribution >= 0.6 is 11.6 Å². The van der Waals surface area contributed by atoms with Crippen LogP contribution in [0.15, 0.2) is 35.6 Å². The number of aromatic nitrogens is 1. The number of nitrogens with one attached hydrogen (secondary N) is 1. The molecule has 29 heavy (non-hydrogen) atoms. The van der Waals surface area contributed by atoms with Crippen molar-refractivity contribution in [2.24, 2.45) is 5.11 Å². The molecule has 1 aromatic heterocycles. The molecule has 1 heterocycles. The number of nitrogens with zero attached hydrogens (tertiary/aromatic N) is 6. The Morgan fingerprint density at radius 3 is 2.79 bits per heavy atom. The molecule has 0 spiro atoms. The molecule has 0 amide bonds. The second kappa shape index (κ2) is 7.90. The number of nitriles is 1. The van der Waals surface area contributed by atoms with Crippen molar-refractivity contribution in [3.63, 3.8) is 0 Å². The fourth-order valence-electron chi connectivity index (χ4n) is 2.79. The van der Waals surface area contributed by atoms with E-state index < -0.39 is 10.6 Å². The smallest absolute Gasteiger partial charge is 0.279 e. The van der Waals surface area contributed by atoms with Gasteiger partial charge in [-0.15, -0.1) is 0 Å². The second-order valence-corrected chi connectivity index (χ2v) is 6.30. The molecule has 3 aromatic rings. The number of nitro groups is 1. The number of hydrogen-bond acceptors (Lipinski definition) is 7. The molecular formula is C18H12ClN7O3. The van der Waals surface area contributed by atoms with Crippen molar-refractivity contribution < 1.29 is 9.66 Å². The van der Waals surface area contributed by atoms with Gasteiger partial charge in [0.25, 0.3) is 5.69 Å². The van der Waals surface area contributed by atoms with Gasteiger partial charge >= 0.3 is 0 Å². The van der Waals surface area contributed by atoms with Crippen molar-refractivity contribution in [3.8, 4) is 11.8 Å². The van der Waals surface area contributed by atoms with Gasteiger partial charge in [-0.05, 0) is 30.2 Å². The summed E-state index contributed by atoms with van der Waals surface area (Å²) in [5, 5.41) is 28.2. The summed E-state index contributed by atoms with van der Waals surface area (Å²) >= 11 is 6.13. The Bertz CT molecular complexity index is 1250. The average molecular weight is 410 g/mol. The van der Waals surface area contributed by atoms with E-state index in [-0.39, 0.29) is 11.3 Å². The van der Waals surface area contributed by atoms with Gasteiger partial charge in [-0.1, -0.05) is 16.7 Å². The highest BCUT2D eigenvalue weighted by Crippen LogP contribution is 2.39. The molecule has 2 aromatic carbocycles. The Kier molecular flexibility index (Phi) is 5.36. The molecule has 0 bridgehead atoms. The number of rotatable bonds is 5. The predicted molar refractivity (Wildman–Crippen MR) is 108 cm³/mol. The molecule has 0 aliphatic carbocycles. The SMILES string of the molecule is COc1cc(Nc2c(C#N)cnc3cc(N=[N+]=[N-])c([N+](=O)[O-])cc23)c(C)cc1Cl. The van der Waals surface area contributed by atoms with Gasteiger partial charge in [-0.25, -0.2) is 0 Å². The number of hydrogen-bond donors (Lipinski definition) is 1. The van der Waals surface area contributed by atoms with E-state index in [2.05, 4.69) is 20.3 Å². The number of nitro benzene ring substituents is 1. The molecule has 144 valence electrons. The van der Waals surface area contributed by atoms with Crippen LogP contribution in [-0.2, 0) is 0 Å². The lowest BCUT2D eigenvalue weighted by atomic mass is 10.1. The summed E-state index contributed by atoms with van der Waals surface area (Å²) in [5.74, 6) is 0.424. The van der Waals surface area contributed by atoms with Crippen LogP contribution in [0, 0.1) is 28.4 Å². The first-order valence-electron chi connectivity index (χ1n) is 8.07. The third kappa shape index (κ3) is 3.68. The van der Waals surface area contributed by atoms with Crippen molar-refractivity contribution >= 4 is 45.3 Å². The Balaban J connectivity index is 2.29. The molecule has 0 aliphatic heterocycles. The lowest BCUT2D eigenvalue weighted by Gasteiger charge is -2.15. The van der Waals surface area contributed by atoms with Gasteiger partial charge in [0.15, 0.2) is 0 Å². The molecule has 0 fully saturated rings. The van der Waals surface area contributed by atoms with Gasteiger partial charge in [-0.3, -0.25) is 15.1 Å². The molecule has 0 atom stereocenters. The van der Waals surface area contributed by atoms with E-state index in [0.29, 0.717) is 33.0 Å². The minimum atomic E-state index is -0.664. The van der Waals surface area contributed by atoms with Crippen LogP contribution in [0.2, 0.25) is 5.02 Å². The highest BCUT2D eigenvalue weighted by molar-refractivity contribution is 6.32. The van der Waals surface area contributed by atoms with Gasteiger partial charge in [0.1, 0.15) is 17.5 Å². The standard InChI is InChI=1S/C18H12ClN7O3/c1-9-3-12(19)17(29-2)6-13(9)23-18-10(7-20)8-22-14-5-15(24-25-21)16(26(27)28)4-11(14)18/h3-6,8H,1-2H3,(H,22,23). The largest absolute Gasteiger partial charge is 0.495 e. The third-order valence-electron chi connectivity index (χ3n) is 4.19. The third-order valence-corrected chi connectivity index (χ3v) is 4.49. The number of benzene rings is 2. The van der Waals surface area contributed by atoms with Gasteiger partial charge in [-0.2, -0.15) is 5.26 Å². The lowest BCUT2D eigenvalue weighted by molar-refractivity contribution is -0.383. The van der Waals surface area contributed by atoms with Crippen molar-refractivity contribution in [1.29, 1.82) is 5.26 Å². The summed E-state index contributed by atoms with van der Waals surface area (Å²) in [6.45, 7) is 1.81. The number of ether oxygens (including phenoxy) is 1. The fourth-order valence-corrected chi connectivity index (χ4v) is 3.08. The number of azide groups is 1. The summed E-state index contributed by atoms with van der Waals surface area (Å²) in [6.07, 6.45) is 1.33. The molecule has 11 heteroatoms. The van der Waals surface area contributed by atoms with Crippen LogP contribution in [0.4, 0.5) is 22.7 Å². The first-order valence-corrected chi connectivity index (χ1v) is 8.45. The molecule has 10 nitrogen and oxygen atoms in total. The van der Waals surface area contributed by atoms with Crippen LogP contribution in [0.1, 0.15) is 11.1 Å². The number of methoxy groups -OCH3 is 1. The van der Waals surface area contributed by atoms with Crippen molar-refractivity contribution in [2.75, 3.05) is 12.4 Å². The summed E-state index contributed by atoms with van der Waals surface area (Å²) in [6, 6.07) is 7.90. The normalized spacial score (nSPS) is 10.1. The van der Waals surface area contributed by atoms with Crippen LogP contribution in [0.5, 0.6) is 5.75 Å². The molecule has 3 rings (SSSR count). The van der Waals surface area contributed by atoms with E-state index in [1.54, 1.807) is 12.1 Å². The molecule has 0 saturated heterocycles. The zero-order valence-electron chi connectivity index (χ0n) is 15.2. The Labute approximate surface area is 169 Å². The van der Waals surface area contributed by atoms with Crippen LogP contribution in [0.25, 0.3) is 21.3 Å². The van der Waals surface area contributed by atoms with E-state index >= 15 is 0 Å². The molecular weight excluding hydrogens is 398 g/mol. The van der Waals surface area contributed by atoms with Crippen molar-refractivity contribution in [3.05, 3.63) is 67.2 Å². The van der Waals surface area contributed by atoms with Crippen molar-refractivity contribution in [1.82, 2.24) is 4.98 Å². The number of anilines is 2. The monoisotopic (exact) mass is 409 g/mol. The van der Waals surface area contributed by atoms with E-state index in [0.717, 1.165) is 5.56 Å². The predicted octanol–water partition coefficient (Wildman–Crippen LogP) is 5.67. The maximum Gasteiger partial charge on any atom is 0.279 e. The van der Waals surface area contributed by atoms with Crippen LogP contribution < -0.4 is 10.1 Å². The number of pyridine rings is 1. The molecule has 0 saturated carbocycles. The van der Waals surface area contributed by atoms with Crippen LogP contribution in [-0.4, -0.2) is 17.0 Å². The molecule has 1 N–H and O–H groups in total. The second-order valence-electron chi connectivity index (χ2n) is 5.89. The minimum Gasteiger partial charge on any atom is -0.495 e. The molecule has 0 unspecified atom stereocenters. The van der Waals surface area contributed by atoms with E-state index in [1.807, 2.05) is 13.0 Å². The average Bonchev–Trinajstić information content (AvgIpc) is 2.69. The lowest BCUT2D eigenvalue weighted by Crippen LogP contribution is -2.00. The Hall–Kier alpha value is -4.06. The van der Waals surface area contributed by atoms with Crippen molar-refractivity contribution in [2.45, 2.75) is 6.92 Å². The molecule has 0 radical (unpaired) electrons. The van der Waals surface area contributed by atoms with E-state index in [1.165, 1.54) is 25.4 Å². The number of fused-ring (bicyclic) bond motifs is 1. The summed E-state index contributed by atoms with van der Waals surface area (Å²) < 4.78 is 5.23. The van der Waals surface area contributed by atoms with Gasteiger partial charge in [0.2, 0.25) is 0 Å². The zero-order valence-corrected chi connectivity index (χ0v) is 15.9. The summed E-state index contributed by atoms with van der Waals surface area (Å²) in [4.78, 5) is 17.5. The van der Waals surface area contributed by atoms with Crippen LogP contribution in [0.3, 0.4) is 0 Å². The first-order chi connectivity index (χ1) is 13.9. The van der Waals surface area contributed by atoms with Gasteiger partial charge in [0, 0.05) is 34.3 Å². The molecule has 0 aliphatic rings. The number of aryl methyl sites for hydroxylation is 1. The Morgan fingerprint density at radius 2 is 2.17 bits per heavy atom. The highest BCUT2D eigenvalue weighted by atomic mass is 35.5. The van der Waals surface area contributed by atoms with Gasteiger partial charge < -0.3 is 10.1 Å². The van der Waals surface area contributed by atoms with Gasteiger partial charge in [0.05, 0.1) is 33.8 Å². The topological polar surface area (TPSA) is 150 Å².